The Kier molecular flexibility index (Phi) is 5.98. The molecule has 2 aromatic carbocycles. The molecule has 0 saturated carbocycles. The second-order valence-corrected chi connectivity index (χ2v) is 6.90. The number of carbonyl (C=O) groups is 1. The second-order valence-electron chi connectivity index (χ2n) is 6.90. The molecule has 0 aliphatic rings. The molecule has 1 unspecified atom stereocenters. The van der Waals surface area contributed by atoms with Gasteiger partial charge in [0.1, 0.15) is 0 Å². The van der Waals surface area contributed by atoms with Gasteiger partial charge in [0.25, 0.3) is 5.91 Å². The quantitative estimate of drug-likeness (QED) is 0.700. The highest BCUT2D eigenvalue weighted by atomic mass is 16.2. The molecule has 0 radical (unpaired) electrons. The molecule has 1 N–H and O–H groups in total. The zero-order chi connectivity index (χ0) is 19.2. The summed E-state index contributed by atoms with van der Waals surface area (Å²) < 4.78 is 1.61. The van der Waals surface area contributed by atoms with Gasteiger partial charge < -0.3 is 10.2 Å². The molecule has 140 valence electrons. The van der Waals surface area contributed by atoms with Gasteiger partial charge in [-0.3, -0.25) is 4.79 Å². The van der Waals surface area contributed by atoms with Crippen LogP contribution in [0.25, 0.3) is 5.69 Å². The van der Waals surface area contributed by atoms with Gasteiger partial charge in [-0.2, -0.15) is 0 Å². The van der Waals surface area contributed by atoms with Crippen molar-refractivity contribution in [3.05, 3.63) is 77.6 Å². The number of hydrogen-bond acceptors (Lipinski definition) is 4. The highest BCUT2D eigenvalue weighted by molar-refractivity contribution is 5.91. The van der Waals surface area contributed by atoms with E-state index in [0.717, 1.165) is 12.1 Å². The predicted molar refractivity (Wildman–Crippen MR) is 106 cm³/mol. The van der Waals surface area contributed by atoms with E-state index in [0.29, 0.717) is 12.2 Å². The summed E-state index contributed by atoms with van der Waals surface area (Å²) in [4.78, 5) is 14.6. The molecular weight excluding hydrogens is 338 g/mol. The van der Waals surface area contributed by atoms with Crippen LogP contribution in [0.5, 0.6) is 0 Å². The van der Waals surface area contributed by atoms with E-state index >= 15 is 0 Å². The molecule has 6 heteroatoms. The maximum absolute atomic E-state index is 12.5. The predicted octanol–water partition coefficient (Wildman–Crippen LogP) is 2.48. The Labute approximate surface area is 159 Å². The molecule has 0 fully saturated rings. The van der Waals surface area contributed by atoms with Gasteiger partial charge in [0.15, 0.2) is 5.69 Å². The summed E-state index contributed by atoms with van der Waals surface area (Å²) in [5, 5.41) is 11.0. The number of carbonyl (C=O) groups excluding carboxylic acids is 1. The van der Waals surface area contributed by atoms with E-state index in [4.69, 9.17) is 0 Å². The lowest BCUT2D eigenvalue weighted by molar-refractivity contribution is 0.0936. The van der Waals surface area contributed by atoms with Gasteiger partial charge in [-0.25, -0.2) is 4.68 Å². The van der Waals surface area contributed by atoms with E-state index < -0.39 is 0 Å². The van der Waals surface area contributed by atoms with Crippen molar-refractivity contribution in [2.45, 2.75) is 19.4 Å². The first-order valence-electron chi connectivity index (χ1n) is 9.01. The lowest BCUT2D eigenvalue weighted by atomic mass is 10.1. The van der Waals surface area contributed by atoms with E-state index in [9.17, 15) is 4.79 Å². The molecule has 0 spiro atoms. The van der Waals surface area contributed by atoms with Crippen molar-refractivity contribution in [3.8, 4) is 5.69 Å². The van der Waals surface area contributed by atoms with Gasteiger partial charge in [0, 0.05) is 12.6 Å². The fourth-order valence-electron chi connectivity index (χ4n) is 2.82. The summed E-state index contributed by atoms with van der Waals surface area (Å²) in [6.07, 6.45) is 2.52. The van der Waals surface area contributed by atoms with Crippen molar-refractivity contribution in [3.63, 3.8) is 0 Å². The van der Waals surface area contributed by atoms with Crippen LogP contribution >= 0.6 is 0 Å². The van der Waals surface area contributed by atoms with Crippen molar-refractivity contribution in [2.24, 2.45) is 0 Å². The van der Waals surface area contributed by atoms with E-state index in [1.165, 1.54) is 11.1 Å². The Hall–Kier alpha value is -2.99. The summed E-state index contributed by atoms with van der Waals surface area (Å²) in [7, 11) is 4.04. The molecule has 6 nitrogen and oxygen atoms in total. The minimum atomic E-state index is -0.215. The van der Waals surface area contributed by atoms with Crippen LogP contribution < -0.4 is 5.32 Å². The third-order valence-corrected chi connectivity index (χ3v) is 4.57. The third kappa shape index (κ3) is 5.01. The van der Waals surface area contributed by atoms with Crippen LogP contribution in [-0.4, -0.2) is 52.5 Å². The Morgan fingerprint density at radius 1 is 1.11 bits per heavy atom. The second kappa shape index (κ2) is 8.60. The number of amides is 1. The number of aromatic nitrogens is 3. The van der Waals surface area contributed by atoms with Crippen LogP contribution in [0.3, 0.4) is 0 Å². The number of rotatable bonds is 7. The number of likely N-dealkylation sites (N-methyl/N-ethyl adjacent to an activating group) is 1. The van der Waals surface area contributed by atoms with E-state index in [-0.39, 0.29) is 11.9 Å². The fraction of sp³-hybridized carbons (Fsp3) is 0.286. The Balaban J connectivity index is 1.61. The maximum atomic E-state index is 12.5. The molecular formula is C21H25N5O. The smallest absolute Gasteiger partial charge is 0.273 e. The number of nitrogens with one attached hydrogen (secondary N) is 1. The molecule has 0 aliphatic heterocycles. The van der Waals surface area contributed by atoms with Gasteiger partial charge in [-0.1, -0.05) is 53.2 Å². The van der Waals surface area contributed by atoms with Crippen LogP contribution in [0.2, 0.25) is 0 Å². The topological polar surface area (TPSA) is 63.1 Å². The van der Waals surface area contributed by atoms with Gasteiger partial charge in [-0.05, 0) is 45.1 Å². The summed E-state index contributed by atoms with van der Waals surface area (Å²) in [6.45, 7) is 2.57. The van der Waals surface area contributed by atoms with Crippen molar-refractivity contribution < 1.29 is 4.79 Å². The number of benzene rings is 2. The van der Waals surface area contributed by atoms with Crippen molar-refractivity contribution in [2.75, 3.05) is 20.6 Å². The highest BCUT2D eigenvalue weighted by Crippen LogP contribution is 2.09. The van der Waals surface area contributed by atoms with Crippen LogP contribution in [-0.2, 0) is 6.42 Å². The first kappa shape index (κ1) is 18.8. The first-order valence-corrected chi connectivity index (χ1v) is 9.01. The SMILES string of the molecule is Cc1ccc(-n2cc(C(=O)NCC(Cc3ccccc3)N(C)C)nn2)cc1. The monoisotopic (exact) mass is 363 g/mol. The van der Waals surface area contributed by atoms with Crippen LogP contribution in [0, 0.1) is 6.92 Å². The molecule has 1 amide bonds. The van der Waals surface area contributed by atoms with Gasteiger partial charge in [0.05, 0.1) is 11.9 Å². The third-order valence-electron chi connectivity index (χ3n) is 4.57. The van der Waals surface area contributed by atoms with Crippen LogP contribution in [0.1, 0.15) is 21.6 Å². The molecule has 1 atom stereocenters. The number of aryl methyl sites for hydroxylation is 1. The summed E-state index contributed by atoms with van der Waals surface area (Å²) in [6, 6.07) is 18.4. The molecule has 0 saturated heterocycles. The zero-order valence-electron chi connectivity index (χ0n) is 16.0. The maximum Gasteiger partial charge on any atom is 0.273 e. The van der Waals surface area contributed by atoms with Crippen molar-refractivity contribution in [1.82, 2.24) is 25.2 Å². The number of hydrogen-bond donors (Lipinski definition) is 1. The van der Waals surface area contributed by atoms with Gasteiger partial charge >= 0.3 is 0 Å². The van der Waals surface area contributed by atoms with Crippen LogP contribution in [0.15, 0.2) is 60.8 Å². The molecule has 1 aromatic heterocycles. The average Bonchev–Trinajstić information content (AvgIpc) is 3.16. The lowest BCUT2D eigenvalue weighted by Crippen LogP contribution is -2.41. The fourth-order valence-corrected chi connectivity index (χ4v) is 2.82. The highest BCUT2D eigenvalue weighted by Gasteiger charge is 2.16. The molecule has 0 aliphatic carbocycles. The van der Waals surface area contributed by atoms with Crippen LogP contribution in [0.4, 0.5) is 0 Å². The zero-order valence-corrected chi connectivity index (χ0v) is 16.0. The van der Waals surface area contributed by atoms with Crippen molar-refractivity contribution in [1.29, 1.82) is 0 Å². The summed E-state index contributed by atoms with van der Waals surface area (Å²) in [5.74, 6) is -0.215. The Bertz CT molecular complexity index is 871. The van der Waals surface area contributed by atoms with Gasteiger partial charge in [-0.15, -0.1) is 5.10 Å². The molecule has 0 bridgehead atoms. The largest absolute Gasteiger partial charge is 0.349 e. The van der Waals surface area contributed by atoms with E-state index in [1.54, 1.807) is 10.9 Å². The van der Waals surface area contributed by atoms with Gasteiger partial charge in [0.2, 0.25) is 0 Å². The molecule has 3 rings (SSSR count). The van der Waals surface area contributed by atoms with E-state index in [1.807, 2.05) is 63.5 Å². The van der Waals surface area contributed by atoms with E-state index in [2.05, 4.69) is 32.7 Å². The first-order chi connectivity index (χ1) is 13.0. The minimum absolute atomic E-state index is 0.198. The standard InChI is InChI=1S/C21H25N5O/c1-16-9-11-18(12-10-16)26-15-20(23-24-26)21(27)22-14-19(25(2)3)13-17-7-5-4-6-8-17/h4-12,15,19H,13-14H2,1-3H3,(H,22,27). The Morgan fingerprint density at radius 3 is 2.48 bits per heavy atom. The minimum Gasteiger partial charge on any atom is -0.349 e. The molecule has 1 heterocycles. The summed E-state index contributed by atoms with van der Waals surface area (Å²) >= 11 is 0. The average molecular weight is 363 g/mol. The summed E-state index contributed by atoms with van der Waals surface area (Å²) in [5.41, 5.74) is 3.61. The number of nitrogens with zero attached hydrogens (tertiary/aromatic N) is 4. The molecule has 3 aromatic rings. The lowest BCUT2D eigenvalue weighted by Gasteiger charge is -2.24. The Morgan fingerprint density at radius 2 is 1.81 bits per heavy atom. The normalized spacial score (nSPS) is 12.1. The molecule has 27 heavy (non-hydrogen) atoms. The van der Waals surface area contributed by atoms with Crippen molar-refractivity contribution >= 4 is 5.91 Å².